The van der Waals surface area contributed by atoms with E-state index in [2.05, 4.69) is 164 Å². The molecule has 0 atom stereocenters. The molecule has 8 aromatic rings. The van der Waals surface area contributed by atoms with Gasteiger partial charge < -0.3 is 0 Å². The Morgan fingerprint density at radius 3 is 1.74 bits per heavy atom. The minimum Gasteiger partial charge on any atom is -0.252 e. The van der Waals surface area contributed by atoms with Gasteiger partial charge in [0.2, 0.25) is 0 Å². The van der Waals surface area contributed by atoms with Crippen molar-refractivity contribution in [3.8, 4) is 22.3 Å². The van der Waals surface area contributed by atoms with Crippen LogP contribution in [0, 0.1) is 0 Å². The Balaban J connectivity index is 1.28. The smallest absolute Gasteiger partial charge is 0.0748 e. The van der Waals surface area contributed by atoms with Crippen LogP contribution in [0.3, 0.4) is 0 Å². The highest BCUT2D eigenvalue weighted by molar-refractivity contribution is 6.18. The first-order valence-corrected chi connectivity index (χ1v) is 17.3. The van der Waals surface area contributed by atoms with Crippen LogP contribution in [0.4, 0.5) is 5.69 Å². The van der Waals surface area contributed by atoms with Gasteiger partial charge >= 0.3 is 0 Å². The quantitative estimate of drug-likeness (QED) is 0.127. The van der Waals surface area contributed by atoms with Gasteiger partial charge in [-0.05, 0) is 113 Å². The first-order chi connectivity index (χ1) is 24.7. The Hall–Kier alpha value is -6.31. The van der Waals surface area contributed by atoms with Crippen molar-refractivity contribution in [2.75, 3.05) is 0 Å². The lowest BCUT2D eigenvalue weighted by Gasteiger charge is -2.17. The largest absolute Gasteiger partial charge is 0.252 e. The molecule has 8 aromatic carbocycles. The SMILES string of the molecule is C=C/C(=C\C=C/C)c1ccc(C2=Nc3c(cc(-c4cc5ccccc5c5ccccc45)cc3-c3cc4ccccc4c4ccccc34)C2)cc1. The number of nitrogens with zero attached hydrogens (tertiary/aromatic N) is 1. The lowest BCUT2D eigenvalue weighted by atomic mass is 9.87. The van der Waals surface area contributed by atoms with Crippen LogP contribution in [0.25, 0.3) is 70.9 Å². The Morgan fingerprint density at radius 2 is 1.12 bits per heavy atom. The van der Waals surface area contributed by atoms with Gasteiger partial charge in [0.25, 0.3) is 0 Å². The summed E-state index contributed by atoms with van der Waals surface area (Å²) in [4.78, 5) is 5.45. The van der Waals surface area contributed by atoms with Crippen molar-refractivity contribution in [3.05, 3.63) is 193 Å². The van der Waals surface area contributed by atoms with E-state index in [0.717, 1.165) is 34.5 Å². The van der Waals surface area contributed by atoms with Crippen molar-refractivity contribution >= 4 is 60.1 Å². The Morgan fingerprint density at radius 1 is 0.560 bits per heavy atom. The molecule has 50 heavy (non-hydrogen) atoms. The number of hydrogen-bond acceptors (Lipinski definition) is 1. The third-order valence-corrected chi connectivity index (χ3v) is 10.2. The van der Waals surface area contributed by atoms with Crippen molar-refractivity contribution < 1.29 is 0 Å². The fourth-order valence-electron chi connectivity index (χ4n) is 7.75. The lowest BCUT2D eigenvalue weighted by Crippen LogP contribution is -2.00. The van der Waals surface area contributed by atoms with E-state index in [1.807, 2.05) is 19.1 Å². The summed E-state index contributed by atoms with van der Waals surface area (Å²) >= 11 is 0. The number of fused-ring (bicyclic) bond motifs is 7. The minimum absolute atomic E-state index is 0.773. The van der Waals surface area contributed by atoms with Crippen molar-refractivity contribution in [1.82, 2.24) is 0 Å². The molecule has 0 unspecified atom stereocenters. The minimum atomic E-state index is 0.773. The van der Waals surface area contributed by atoms with Gasteiger partial charge in [-0.15, -0.1) is 0 Å². The zero-order valence-electron chi connectivity index (χ0n) is 28.0. The fraction of sp³-hybridized carbons (Fsp3) is 0.0408. The number of aliphatic imine (C=N–C) groups is 1. The van der Waals surface area contributed by atoms with Gasteiger partial charge in [-0.25, -0.2) is 0 Å². The summed E-state index contributed by atoms with van der Waals surface area (Å²) in [6.45, 7) is 6.07. The highest BCUT2D eigenvalue weighted by atomic mass is 14.8. The summed E-state index contributed by atoms with van der Waals surface area (Å²) in [5, 5.41) is 10.1. The molecule has 1 heterocycles. The molecule has 0 amide bonds. The number of rotatable bonds is 6. The second-order valence-electron chi connectivity index (χ2n) is 13.1. The van der Waals surface area contributed by atoms with Crippen LogP contribution in [0.1, 0.15) is 23.6 Å². The van der Waals surface area contributed by atoms with E-state index in [9.17, 15) is 0 Å². The molecule has 0 N–H and O–H groups in total. The van der Waals surface area contributed by atoms with Crippen molar-refractivity contribution in [2.24, 2.45) is 4.99 Å². The molecule has 1 nitrogen and oxygen atoms in total. The molecular weight excluding hydrogens is 603 g/mol. The van der Waals surface area contributed by atoms with Gasteiger partial charge in [0.05, 0.1) is 11.4 Å². The molecule has 9 rings (SSSR count). The normalized spacial score (nSPS) is 13.1. The van der Waals surface area contributed by atoms with Crippen LogP contribution >= 0.6 is 0 Å². The van der Waals surface area contributed by atoms with Gasteiger partial charge in [0.1, 0.15) is 0 Å². The molecule has 1 aliphatic heterocycles. The van der Waals surface area contributed by atoms with Gasteiger partial charge in [-0.2, -0.15) is 0 Å². The first-order valence-electron chi connectivity index (χ1n) is 17.3. The van der Waals surface area contributed by atoms with E-state index in [-0.39, 0.29) is 0 Å². The number of hydrogen-bond donors (Lipinski definition) is 0. The summed E-state index contributed by atoms with van der Waals surface area (Å²) < 4.78 is 0. The molecule has 0 saturated heterocycles. The first kappa shape index (κ1) is 29.8. The van der Waals surface area contributed by atoms with Crippen molar-refractivity contribution in [1.29, 1.82) is 0 Å². The van der Waals surface area contributed by atoms with E-state index in [0.29, 0.717) is 0 Å². The predicted molar refractivity (Wildman–Crippen MR) is 217 cm³/mol. The second kappa shape index (κ2) is 12.3. The maximum Gasteiger partial charge on any atom is 0.0748 e. The molecule has 1 aliphatic rings. The summed E-state index contributed by atoms with van der Waals surface area (Å²) in [5.74, 6) is 0. The highest BCUT2D eigenvalue weighted by Gasteiger charge is 2.24. The monoisotopic (exact) mass is 637 g/mol. The van der Waals surface area contributed by atoms with E-state index in [1.165, 1.54) is 70.9 Å². The van der Waals surface area contributed by atoms with Crippen molar-refractivity contribution in [2.45, 2.75) is 13.3 Å². The molecular formula is C49H35N. The molecule has 0 aromatic heterocycles. The van der Waals surface area contributed by atoms with Crippen LogP contribution in [0.2, 0.25) is 0 Å². The predicted octanol–water partition coefficient (Wildman–Crippen LogP) is 13.5. The zero-order chi connectivity index (χ0) is 33.6. The average Bonchev–Trinajstić information content (AvgIpc) is 3.62. The Bertz CT molecular complexity index is 2740. The standard InChI is InChI=1S/C49H35N/c1-3-5-14-32(4-2)33-23-25-34(26-24-33)48-31-38-27-37(45-28-35-15-6-8-17-39(35)41-19-10-12-21-43(41)45)30-47(49(38)50-48)46-29-36-16-7-9-18-40(36)42-20-11-13-22-44(42)46/h3-30H,2,31H2,1H3/b5-3-,32-14+. The molecule has 0 bridgehead atoms. The van der Waals surface area contributed by atoms with E-state index >= 15 is 0 Å². The maximum atomic E-state index is 5.45. The van der Waals surface area contributed by atoms with Crippen LogP contribution in [-0.4, -0.2) is 5.71 Å². The molecule has 0 aliphatic carbocycles. The van der Waals surface area contributed by atoms with E-state index in [4.69, 9.17) is 4.99 Å². The summed E-state index contributed by atoms with van der Waals surface area (Å²) in [6.07, 6.45) is 8.87. The van der Waals surface area contributed by atoms with Gasteiger partial charge in [-0.1, -0.05) is 152 Å². The highest BCUT2D eigenvalue weighted by Crippen LogP contribution is 2.47. The van der Waals surface area contributed by atoms with Gasteiger partial charge in [0.15, 0.2) is 0 Å². The van der Waals surface area contributed by atoms with Crippen LogP contribution < -0.4 is 0 Å². The lowest BCUT2D eigenvalue weighted by molar-refractivity contribution is 1.39. The molecule has 236 valence electrons. The van der Waals surface area contributed by atoms with Crippen LogP contribution in [-0.2, 0) is 6.42 Å². The molecule has 0 fully saturated rings. The molecule has 0 saturated carbocycles. The summed E-state index contributed by atoms with van der Waals surface area (Å²) in [7, 11) is 0. The number of allylic oxidation sites excluding steroid dienone is 5. The topological polar surface area (TPSA) is 12.4 Å². The molecule has 0 radical (unpaired) electrons. The molecule has 1 heteroatoms. The van der Waals surface area contributed by atoms with E-state index in [1.54, 1.807) is 0 Å². The average molecular weight is 638 g/mol. The van der Waals surface area contributed by atoms with Gasteiger partial charge in [0, 0.05) is 12.0 Å². The summed E-state index contributed by atoms with van der Waals surface area (Å²) in [5.41, 5.74) is 11.7. The fourth-order valence-corrected chi connectivity index (χ4v) is 7.75. The summed E-state index contributed by atoms with van der Waals surface area (Å²) in [6, 6.07) is 53.4. The number of benzene rings is 8. The third-order valence-electron chi connectivity index (χ3n) is 10.2. The Labute approximate surface area is 292 Å². The molecule has 0 spiro atoms. The maximum absolute atomic E-state index is 5.45. The third kappa shape index (κ3) is 4.98. The van der Waals surface area contributed by atoms with Crippen LogP contribution in [0.5, 0.6) is 0 Å². The van der Waals surface area contributed by atoms with E-state index < -0.39 is 0 Å². The van der Waals surface area contributed by atoms with Crippen LogP contribution in [0.15, 0.2) is 181 Å². The zero-order valence-corrected chi connectivity index (χ0v) is 28.0. The Kier molecular flexibility index (Phi) is 7.33. The van der Waals surface area contributed by atoms with Crippen molar-refractivity contribution in [3.63, 3.8) is 0 Å². The van der Waals surface area contributed by atoms with Gasteiger partial charge in [-0.3, -0.25) is 4.99 Å². The second-order valence-corrected chi connectivity index (χ2v) is 13.1.